The van der Waals surface area contributed by atoms with E-state index in [2.05, 4.69) is 65.5 Å². The third-order valence-corrected chi connectivity index (χ3v) is 16.1. The Morgan fingerprint density at radius 2 is 1.05 bits per heavy atom. The topological polar surface area (TPSA) is 182 Å². The first-order chi connectivity index (χ1) is 37.1. The molecule has 2 aliphatic rings. The van der Waals surface area contributed by atoms with Gasteiger partial charge < -0.3 is 26.8 Å². The fourth-order valence-electron chi connectivity index (χ4n) is 9.04. The van der Waals surface area contributed by atoms with E-state index in [1.165, 1.54) is 19.8 Å². The van der Waals surface area contributed by atoms with Gasteiger partial charge in [-0.15, -0.1) is 35.1 Å². The predicted octanol–water partition coefficient (Wildman–Crippen LogP) is 13.5. The number of nitrogens with one attached hydrogen (secondary N) is 1. The zero-order valence-electron chi connectivity index (χ0n) is 43.6. The monoisotopic (exact) mass is 1110 g/mol. The lowest BCUT2D eigenvalue weighted by molar-refractivity contribution is -0.115. The lowest BCUT2D eigenvalue weighted by Gasteiger charge is -2.28. The summed E-state index contributed by atoms with van der Waals surface area (Å²) in [5.74, 6) is 0.0759. The van der Waals surface area contributed by atoms with Crippen molar-refractivity contribution in [2.45, 2.75) is 77.6 Å². The number of aryl methyl sites for hydroxylation is 4. The molecule has 4 aromatic carbocycles. The van der Waals surface area contributed by atoms with Gasteiger partial charge in [0.25, 0.3) is 5.91 Å². The van der Waals surface area contributed by atoms with Crippen molar-refractivity contribution in [3.63, 3.8) is 0 Å². The number of anilines is 2. The Balaban J connectivity index is 0.000000200. The third kappa shape index (κ3) is 16.3. The molecule has 6 heterocycles. The maximum absolute atomic E-state index is 13.4. The Bertz CT molecular complexity index is 3400. The van der Waals surface area contributed by atoms with E-state index < -0.39 is 18.3 Å². The number of piperidine rings is 2. The molecule has 0 atom stereocenters. The molecule has 1 amide bonds. The molecule has 11 nitrogen and oxygen atoms in total. The number of aromatic carboxylic acids is 1. The maximum atomic E-state index is 13.4. The van der Waals surface area contributed by atoms with Gasteiger partial charge >= 0.3 is 5.97 Å². The van der Waals surface area contributed by atoms with Crippen molar-refractivity contribution >= 4 is 102 Å². The number of benzene rings is 4. The Kier molecular flexibility index (Phi) is 20.7. The molecule has 2 fully saturated rings. The van der Waals surface area contributed by atoms with Gasteiger partial charge in [-0.25, -0.2) is 23.5 Å². The van der Waals surface area contributed by atoms with Crippen molar-refractivity contribution in [2.75, 3.05) is 37.6 Å². The van der Waals surface area contributed by atoms with Gasteiger partial charge in [-0.2, -0.15) is 0 Å². The number of aromatic nitrogens is 2. The largest absolute Gasteiger partial charge is 0.478 e. The zero-order chi connectivity index (χ0) is 54.4. The number of carboxylic acid groups (broad SMARTS) is 1. The molecular formula is C62H63ClF2N6O5S2. The van der Waals surface area contributed by atoms with Gasteiger partial charge in [-0.05, 0) is 230 Å². The van der Waals surface area contributed by atoms with Gasteiger partial charge in [-0.3, -0.25) is 14.4 Å². The number of alkyl halides is 2. The minimum Gasteiger partial charge on any atom is -0.478 e. The molecule has 0 radical (unpaired) electrons. The van der Waals surface area contributed by atoms with Crippen LogP contribution in [0.25, 0.3) is 54.6 Å². The molecule has 2 aliphatic heterocycles. The number of ketones is 2. The molecule has 6 N–H and O–H groups in total. The molecular weight excluding hydrogens is 1050 g/mol. The first kappa shape index (κ1) is 58.3. The summed E-state index contributed by atoms with van der Waals surface area (Å²) in [4.78, 5) is 60.7. The summed E-state index contributed by atoms with van der Waals surface area (Å²) < 4.78 is 28.0. The van der Waals surface area contributed by atoms with Crippen LogP contribution >= 0.6 is 35.1 Å². The van der Waals surface area contributed by atoms with Gasteiger partial charge in [0.1, 0.15) is 24.0 Å². The third-order valence-electron chi connectivity index (χ3n) is 13.4. The second kappa shape index (κ2) is 27.8. The number of hydrogen-bond donors (Lipinski definition) is 4. The Morgan fingerprint density at radius 1 is 0.615 bits per heavy atom. The van der Waals surface area contributed by atoms with Crippen LogP contribution in [-0.2, 0) is 22.4 Å². The summed E-state index contributed by atoms with van der Waals surface area (Å²) in [6.07, 6.45) is 13.2. The number of halogens is 3. The first-order valence-electron chi connectivity index (χ1n) is 25.8. The minimum absolute atomic E-state index is 0. The molecule has 0 aliphatic carbocycles. The van der Waals surface area contributed by atoms with E-state index in [0.717, 1.165) is 67.7 Å². The number of hydrogen-bond acceptors (Lipinski definition) is 11. The molecule has 404 valence electrons. The van der Waals surface area contributed by atoms with Gasteiger partial charge in [0.15, 0.2) is 11.6 Å². The number of thiophene rings is 2. The van der Waals surface area contributed by atoms with Crippen molar-refractivity contribution in [1.82, 2.24) is 20.2 Å². The van der Waals surface area contributed by atoms with Gasteiger partial charge in [0.2, 0.25) is 0 Å². The normalized spacial score (nSPS) is 13.9. The van der Waals surface area contributed by atoms with Gasteiger partial charge in [0.05, 0.1) is 5.56 Å². The standard InChI is InChI=1S/C31H30FN3O2S.C26H22N2O3S.C5H10FN.ClH/c1-20-16-24(22-4-6-23(7-5-22)31(37)35-14-12-26(32)13-15-35)17-25-18-28(38-30(20)25)10-9-27(36)8-2-21-3-11-29(33)34-19-21;1-16-12-20(18-4-6-19(7-5-18)26(30)31)13-21-14-23(32-25(16)21)10-9-22(29)8-2-17-3-11-24(27)28-15-17;6-5-1-3-7-4-2-5;/h2-8,11,16-19,26H,9-10,12-15H2,1H3,(H2,33,34);2-8,11-15H,9-10H2,1H3,(H2,27,28)(H,30,31);5,7H,1-4H2;1H/b2*8-2+;;. The van der Waals surface area contributed by atoms with Crippen LogP contribution in [0.1, 0.15) is 91.2 Å². The van der Waals surface area contributed by atoms with E-state index in [1.807, 2.05) is 48.5 Å². The number of fused-ring (bicyclic) bond motifs is 2. The number of carbonyl (C=O) groups is 4. The van der Waals surface area contributed by atoms with Gasteiger partial charge in [-0.1, -0.05) is 24.3 Å². The number of nitrogen functional groups attached to an aromatic ring is 2. The van der Waals surface area contributed by atoms with Crippen LogP contribution in [0.3, 0.4) is 0 Å². The van der Waals surface area contributed by atoms with Crippen LogP contribution in [-0.4, -0.2) is 81.9 Å². The fraction of sp³-hybridized carbons (Fsp3) is 0.258. The van der Waals surface area contributed by atoms with Gasteiger partial charge in [0, 0.05) is 63.0 Å². The second-order valence-corrected chi connectivity index (χ2v) is 21.6. The van der Waals surface area contributed by atoms with E-state index in [0.29, 0.717) is 81.7 Å². The average Bonchev–Trinajstić information content (AvgIpc) is 4.15. The van der Waals surface area contributed by atoms with Crippen LogP contribution < -0.4 is 16.8 Å². The van der Waals surface area contributed by atoms with Crippen molar-refractivity contribution in [3.05, 3.63) is 177 Å². The molecule has 0 spiro atoms. The van der Waals surface area contributed by atoms with Crippen molar-refractivity contribution in [3.8, 4) is 22.3 Å². The highest BCUT2D eigenvalue weighted by Crippen LogP contribution is 2.36. The highest BCUT2D eigenvalue weighted by atomic mass is 35.5. The quantitative estimate of drug-likeness (QED) is 0.0765. The van der Waals surface area contributed by atoms with Crippen LogP contribution in [0.4, 0.5) is 20.4 Å². The Morgan fingerprint density at radius 3 is 1.45 bits per heavy atom. The molecule has 16 heteroatoms. The zero-order valence-corrected chi connectivity index (χ0v) is 46.0. The number of carbonyl (C=O) groups excluding carboxylic acids is 3. The van der Waals surface area contributed by atoms with E-state index in [1.54, 1.807) is 88.5 Å². The SMILES string of the molecule is Cc1cc(-c2ccc(C(=O)N3CCC(F)CC3)cc2)cc2cc(CCC(=O)/C=C/c3ccc(N)nc3)sc12.Cc1cc(-c2ccc(C(=O)O)cc2)cc2cc(CCC(=O)/C=C/c3ccc(N)nc3)sc12.Cl.FC1CCNCC1. The van der Waals surface area contributed by atoms with E-state index >= 15 is 0 Å². The first-order valence-corrected chi connectivity index (χ1v) is 27.4. The molecule has 0 bridgehead atoms. The van der Waals surface area contributed by atoms with E-state index in [9.17, 15) is 28.0 Å². The molecule has 8 aromatic rings. The Hall–Kier alpha value is -7.43. The average molecular weight is 1110 g/mol. The predicted molar refractivity (Wildman–Crippen MR) is 317 cm³/mol. The number of pyridine rings is 2. The van der Waals surface area contributed by atoms with Crippen molar-refractivity contribution in [1.29, 1.82) is 0 Å². The number of carboxylic acids is 1. The highest BCUT2D eigenvalue weighted by molar-refractivity contribution is 7.19. The molecule has 0 unspecified atom stereocenters. The van der Waals surface area contributed by atoms with Crippen LogP contribution in [0.5, 0.6) is 0 Å². The molecule has 0 saturated carbocycles. The number of rotatable bonds is 14. The second-order valence-electron chi connectivity index (χ2n) is 19.3. The van der Waals surface area contributed by atoms with Crippen LogP contribution in [0, 0.1) is 13.8 Å². The summed E-state index contributed by atoms with van der Waals surface area (Å²) >= 11 is 3.45. The summed E-state index contributed by atoms with van der Waals surface area (Å²) in [5.41, 5.74) is 20.3. The summed E-state index contributed by atoms with van der Waals surface area (Å²) in [5, 5.41) is 14.5. The van der Waals surface area contributed by atoms with Crippen LogP contribution in [0.2, 0.25) is 0 Å². The summed E-state index contributed by atoms with van der Waals surface area (Å²) in [7, 11) is 0. The maximum Gasteiger partial charge on any atom is 0.335 e. The number of amides is 1. The lowest BCUT2D eigenvalue weighted by atomic mass is 9.99. The summed E-state index contributed by atoms with van der Waals surface area (Å²) in [6, 6.07) is 34.5. The molecule has 2 saturated heterocycles. The number of nitrogens with two attached hydrogens (primary N) is 2. The molecule has 4 aromatic heterocycles. The van der Waals surface area contributed by atoms with E-state index in [-0.39, 0.29) is 35.4 Å². The van der Waals surface area contributed by atoms with Crippen molar-refractivity contribution in [2.24, 2.45) is 0 Å². The number of allylic oxidation sites excluding steroid dienone is 2. The van der Waals surface area contributed by atoms with E-state index in [4.69, 9.17) is 16.6 Å². The Labute approximate surface area is 467 Å². The summed E-state index contributed by atoms with van der Waals surface area (Å²) in [6.45, 7) is 6.85. The smallest absolute Gasteiger partial charge is 0.335 e. The number of likely N-dealkylation sites (tertiary alicyclic amines) is 1. The fourth-order valence-corrected chi connectivity index (χ4v) is 11.3. The molecule has 10 rings (SSSR count). The lowest BCUT2D eigenvalue weighted by Crippen LogP contribution is -2.39. The van der Waals surface area contributed by atoms with Crippen molar-refractivity contribution < 1.29 is 33.1 Å². The molecule has 78 heavy (non-hydrogen) atoms. The number of nitrogens with zero attached hydrogens (tertiary/aromatic N) is 3. The van der Waals surface area contributed by atoms with Crippen LogP contribution in [0.15, 0.2) is 134 Å². The highest BCUT2D eigenvalue weighted by Gasteiger charge is 2.23. The minimum atomic E-state index is -0.930.